The van der Waals surface area contributed by atoms with Gasteiger partial charge in [0, 0.05) is 18.0 Å². The minimum Gasteiger partial charge on any atom is -0.338 e. The normalized spacial score (nSPS) is 11.2. The Kier molecular flexibility index (Phi) is 3.46. The highest BCUT2D eigenvalue weighted by Gasteiger charge is 2.11. The third-order valence-corrected chi connectivity index (χ3v) is 3.81. The van der Waals surface area contributed by atoms with E-state index >= 15 is 0 Å². The second kappa shape index (κ2) is 5.76. The first-order chi connectivity index (χ1) is 11.3. The molecule has 0 aliphatic rings. The molecule has 4 aromatic rings. The molecule has 0 spiro atoms. The van der Waals surface area contributed by atoms with Gasteiger partial charge in [0.1, 0.15) is 5.82 Å². The molecule has 3 heterocycles. The first-order valence-electron chi connectivity index (χ1n) is 6.67. The van der Waals surface area contributed by atoms with Crippen LogP contribution in [0, 0.1) is 5.82 Å². The predicted octanol–water partition coefficient (Wildman–Crippen LogP) is 2.61. The van der Waals surface area contributed by atoms with Crippen molar-refractivity contribution in [1.82, 2.24) is 29.7 Å². The van der Waals surface area contributed by atoms with E-state index in [9.17, 15) is 4.39 Å². The fourth-order valence-electron chi connectivity index (χ4n) is 1.93. The van der Waals surface area contributed by atoms with Crippen LogP contribution in [-0.2, 0) is 5.75 Å². The van der Waals surface area contributed by atoms with Gasteiger partial charge in [-0.2, -0.15) is 9.97 Å². The average molecular weight is 328 g/mol. The molecule has 0 aliphatic heterocycles. The van der Waals surface area contributed by atoms with Gasteiger partial charge in [0.05, 0.1) is 5.75 Å². The Labute approximate surface area is 133 Å². The number of nitrogens with zero attached hydrogens (tertiary/aromatic N) is 6. The molecular formula is C14H9FN6OS. The molecule has 0 amide bonds. The van der Waals surface area contributed by atoms with Crippen molar-refractivity contribution >= 4 is 17.5 Å². The molecule has 23 heavy (non-hydrogen) atoms. The zero-order chi connectivity index (χ0) is 15.6. The maximum Gasteiger partial charge on any atom is 0.253 e. The van der Waals surface area contributed by atoms with Crippen molar-refractivity contribution in [1.29, 1.82) is 0 Å². The van der Waals surface area contributed by atoms with E-state index in [1.807, 2.05) is 0 Å². The standard InChI is InChI=1S/C14H9FN6OS/c15-10-4-2-9(3-5-10)12-17-11(22-20-12)8-23-14-18-13-16-6-1-7-21(13)19-14/h1-7H,8H2. The van der Waals surface area contributed by atoms with E-state index in [2.05, 4.69) is 25.2 Å². The molecule has 0 saturated carbocycles. The van der Waals surface area contributed by atoms with Crippen molar-refractivity contribution in [3.63, 3.8) is 0 Å². The van der Waals surface area contributed by atoms with Crippen LogP contribution < -0.4 is 0 Å². The molecule has 4 rings (SSSR count). The lowest BCUT2D eigenvalue weighted by Gasteiger charge is -1.92. The monoisotopic (exact) mass is 328 g/mol. The van der Waals surface area contributed by atoms with Gasteiger partial charge in [-0.3, -0.25) is 0 Å². The van der Waals surface area contributed by atoms with Crippen LogP contribution in [0.15, 0.2) is 52.4 Å². The van der Waals surface area contributed by atoms with E-state index in [0.29, 0.717) is 34.0 Å². The number of aromatic nitrogens is 6. The molecule has 0 bridgehead atoms. The summed E-state index contributed by atoms with van der Waals surface area (Å²) >= 11 is 1.37. The summed E-state index contributed by atoms with van der Waals surface area (Å²) in [6, 6.07) is 7.70. The van der Waals surface area contributed by atoms with Crippen LogP contribution in [0.1, 0.15) is 5.89 Å². The van der Waals surface area contributed by atoms with Crippen molar-refractivity contribution in [3.05, 3.63) is 54.4 Å². The molecule has 1 aromatic carbocycles. The number of hydrogen-bond acceptors (Lipinski definition) is 7. The third-order valence-electron chi connectivity index (χ3n) is 2.99. The second-order valence-corrected chi connectivity index (χ2v) is 5.51. The lowest BCUT2D eigenvalue weighted by molar-refractivity contribution is 0.391. The number of hydrogen-bond donors (Lipinski definition) is 0. The second-order valence-electron chi connectivity index (χ2n) is 4.57. The molecular weight excluding hydrogens is 319 g/mol. The van der Waals surface area contributed by atoms with Crippen molar-refractivity contribution in [2.24, 2.45) is 0 Å². The lowest BCUT2D eigenvalue weighted by atomic mass is 10.2. The van der Waals surface area contributed by atoms with Crippen LogP contribution >= 0.6 is 11.8 Å². The van der Waals surface area contributed by atoms with Gasteiger partial charge in [-0.1, -0.05) is 16.9 Å². The number of rotatable bonds is 4. The number of benzene rings is 1. The van der Waals surface area contributed by atoms with Gasteiger partial charge in [-0.05, 0) is 30.3 Å². The van der Waals surface area contributed by atoms with E-state index < -0.39 is 0 Å². The fraction of sp³-hybridized carbons (Fsp3) is 0.0714. The molecule has 0 unspecified atom stereocenters. The minimum absolute atomic E-state index is 0.306. The van der Waals surface area contributed by atoms with Crippen molar-refractivity contribution in [2.45, 2.75) is 10.9 Å². The molecule has 9 heteroatoms. The van der Waals surface area contributed by atoms with E-state index in [1.54, 1.807) is 35.1 Å². The highest BCUT2D eigenvalue weighted by atomic mass is 32.2. The highest BCUT2D eigenvalue weighted by Crippen LogP contribution is 2.21. The van der Waals surface area contributed by atoms with Crippen LogP contribution in [0.2, 0.25) is 0 Å². The molecule has 0 atom stereocenters. The minimum atomic E-state index is -0.306. The summed E-state index contributed by atoms with van der Waals surface area (Å²) in [5, 5.41) is 8.74. The zero-order valence-electron chi connectivity index (χ0n) is 11.6. The number of halogens is 1. The fourth-order valence-corrected chi connectivity index (χ4v) is 2.59. The van der Waals surface area contributed by atoms with Crippen molar-refractivity contribution < 1.29 is 8.91 Å². The Morgan fingerprint density at radius 1 is 1.17 bits per heavy atom. The quantitative estimate of drug-likeness (QED) is 0.533. The topological polar surface area (TPSA) is 82.0 Å². The van der Waals surface area contributed by atoms with Gasteiger partial charge in [0.2, 0.25) is 16.9 Å². The summed E-state index contributed by atoms with van der Waals surface area (Å²) in [7, 11) is 0. The smallest absolute Gasteiger partial charge is 0.253 e. The van der Waals surface area contributed by atoms with Gasteiger partial charge >= 0.3 is 0 Å². The summed E-state index contributed by atoms with van der Waals surface area (Å²) in [6.07, 6.45) is 3.43. The zero-order valence-corrected chi connectivity index (χ0v) is 12.4. The Bertz CT molecular complexity index is 918. The molecule has 0 N–H and O–H groups in total. The summed E-state index contributed by atoms with van der Waals surface area (Å²) < 4.78 is 19.7. The van der Waals surface area contributed by atoms with Crippen LogP contribution in [0.25, 0.3) is 17.2 Å². The van der Waals surface area contributed by atoms with E-state index in [4.69, 9.17) is 4.52 Å². The molecule has 0 radical (unpaired) electrons. The molecule has 3 aromatic heterocycles. The summed E-state index contributed by atoms with van der Waals surface area (Å²) in [5.41, 5.74) is 0.696. The van der Waals surface area contributed by atoms with E-state index in [0.717, 1.165) is 0 Å². The van der Waals surface area contributed by atoms with Gasteiger partial charge < -0.3 is 4.52 Å². The SMILES string of the molecule is Fc1ccc(-c2noc(CSc3nc4ncccn4n3)n2)cc1. The molecule has 7 nitrogen and oxygen atoms in total. The first-order valence-corrected chi connectivity index (χ1v) is 7.65. The summed E-state index contributed by atoms with van der Waals surface area (Å²) in [6.45, 7) is 0. The maximum absolute atomic E-state index is 12.9. The van der Waals surface area contributed by atoms with E-state index in [1.165, 1.54) is 23.9 Å². The Morgan fingerprint density at radius 2 is 2.04 bits per heavy atom. The predicted molar refractivity (Wildman–Crippen MR) is 80.0 cm³/mol. The average Bonchev–Trinajstić information content (AvgIpc) is 3.20. The largest absolute Gasteiger partial charge is 0.338 e. The summed E-state index contributed by atoms with van der Waals surface area (Å²) in [5.74, 6) is 1.53. The van der Waals surface area contributed by atoms with Gasteiger partial charge in [0.15, 0.2) is 0 Å². The first kappa shape index (κ1) is 13.8. The molecule has 114 valence electrons. The maximum atomic E-state index is 12.9. The number of thioether (sulfide) groups is 1. The third kappa shape index (κ3) is 2.90. The van der Waals surface area contributed by atoms with E-state index in [-0.39, 0.29) is 5.82 Å². The Hall–Kier alpha value is -2.81. The molecule has 0 aliphatic carbocycles. The van der Waals surface area contributed by atoms with Crippen LogP contribution in [0.4, 0.5) is 4.39 Å². The molecule has 0 fully saturated rings. The lowest BCUT2D eigenvalue weighted by Crippen LogP contribution is -1.87. The number of fused-ring (bicyclic) bond motifs is 1. The molecule has 0 saturated heterocycles. The Morgan fingerprint density at radius 3 is 2.87 bits per heavy atom. The van der Waals surface area contributed by atoms with Crippen LogP contribution in [-0.4, -0.2) is 29.7 Å². The van der Waals surface area contributed by atoms with Crippen LogP contribution in [0.3, 0.4) is 0 Å². The van der Waals surface area contributed by atoms with Gasteiger partial charge in [-0.25, -0.2) is 13.9 Å². The van der Waals surface area contributed by atoms with Crippen LogP contribution in [0.5, 0.6) is 0 Å². The Balaban J connectivity index is 1.48. The highest BCUT2D eigenvalue weighted by molar-refractivity contribution is 7.98. The van der Waals surface area contributed by atoms with Crippen molar-refractivity contribution in [2.75, 3.05) is 0 Å². The summed E-state index contributed by atoms with van der Waals surface area (Å²) in [4.78, 5) is 12.7. The van der Waals surface area contributed by atoms with Crippen molar-refractivity contribution in [3.8, 4) is 11.4 Å². The van der Waals surface area contributed by atoms with Gasteiger partial charge in [-0.15, -0.1) is 5.10 Å². The van der Waals surface area contributed by atoms with Gasteiger partial charge in [0.25, 0.3) is 5.78 Å².